The number of carbonyl (C=O) groups is 1. The van der Waals surface area contributed by atoms with E-state index >= 15 is 0 Å². The Balaban J connectivity index is 1.31. The van der Waals surface area contributed by atoms with Crippen molar-refractivity contribution < 1.29 is 4.79 Å². The highest BCUT2D eigenvalue weighted by Crippen LogP contribution is 2.29. The molecule has 0 saturated carbocycles. The standard InChI is InChI=1S/C32H30N4O2/c1-21-19-26(36-30(37)14-11-24-20-33-29-6-4-3-5-28(29)31(24)36)12-13-27(21)22-7-9-23(10-8-22)32(38)34-25-15-17-35(2)18-16-25/h3-14,19-20,25H,15-18H2,1-2H3,(H,34,38). The van der Waals surface area contributed by atoms with Crippen LogP contribution in [0.25, 0.3) is 38.6 Å². The Kier molecular flexibility index (Phi) is 6.26. The fraction of sp³-hybridized carbons (Fsp3) is 0.219. The van der Waals surface area contributed by atoms with Crippen molar-refractivity contribution in [2.45, 2.75) is 25.8 Å². The van der Waals surface area contributed by atoms with Crippen molar-refractivity contribution in [1.29, 1.82) is 0 Å². The first kappa shape index (κ1) is 24.1. The second-order valence-electron chi connectivity index (χ2n) is 10.2. The van der Waals surface area contributed by atoms with Gasteiger partial charge >= 0.3 is 0 Å². The molecule has 0 radical (unpaired) electrons. The number of hydrogen-bond acceptors (Lipinski definition) is 4. The summed E-state index contributed by atoms with van der Waals surface area (Å²) in [5, 5.41) is 5.04. The number of carbonyl (C=O) groups excluding carboxylic acids is 1. The van der Waals surface area contributed by atoms with Gasteiger partial charge in [0, 0.05) is 40.3 Å². The molecule has 3 heterocycles. The average Bonchev–Trinajstić information content (AvgIpc) is 2.94. The molecule has 1 fully saturated rings. The van der Waals surface area contributed by atoms with E-state index in [-0.39, 0.29) is 17.5 Å². The molecule has 1 aliphatic heterocycles. The van der Waals surface area contributed by atoms with Gasteiger partial charge in [-0.15, -0.1) is 0 Å². The van der Waals surface area contributed by atoms with Crippen LogP contribution in [0.4, 0.5) is 0 Å². The van der Waals surface area contributed by atoms with Crippen LogP contribution in [-0.4, -0.2) is 46.5 Å². The van der Waals surface area contributed by atoms with Crippen LogP contribution in [0.2, 0.25) is 0 Å². The highest BCUT2D eigenvalue weighted by Gasteiger charge is 2.19. The van der Waals surface area contributed by atoms with E-state index in [1.165, 1.54) is 0 Å². The minimum atomic E-state index is -0.0824. The molecule has 6 rings (SSSR count). The number of amides is 1. The molecule has 1 N–H and O–H groups in total. The maximum absolute atomic E-state index is 13.1. The van der Waals surface area contributed by atoms with Crippen molar-refractivity contribution in [3.8, 4) is 16.8 Å². The normalized spacial score (nSPS) is 14.7. The highest BCUT2D eigenvalue weighted by molar-refractivity contribution is 6.03. The number of fused-ring (bicyclic) bond motifs is 3. The molecule has 6 heteroatoms. The molecular weight excluding hydrogens is 472 g/mol. The third-order valence-electron chi connectivity index (χ3n) is 7.60. The number of piperidine rings is 1. The van der Waals surface area contributed by atoms with E-state index in [1.54, 1.807) is 10.6 Å². The van der Waals surface area contributed by atoms with Gasteiger partial charge in [-0.2, -0.15) is 0 Å². The monoisotopic (exact) mass is 502 g/mol. The second-order valence-corrected chi connectivity index (χ2v) is 10.2. The predicted octanol–water partition coefficient (Wildman–Crippen LogP) is 5.34. The fourth-order valence-electron chi connectivity index (χ4n) is 5.45. The first-order valence-electron chi connectivity index (χ1n) is 13.1. The molecular formula is C32H30N4O2. The number of aryl methyl sites for hydroxylation is 1. The Labute approximate surface area is 221 Å². The van der Waals surface area contributed by atoms with Gasteiger partial charge in [0.1, 0.15) is 0 Å². The van der Waals surface area contributed by atoms with Gasteiger partial charge in [-0.3, -0.25) is 19.1 Å². The molecule has 1 saturated heterocycles. The van der Waals surface area contributed by atoms with Gasteiger partial charge < -0.3 is 10.2 Å². The van der Waals surface area contributed by atoms with E-state index in [1.807, 2.05) is 79.0 Å². The van der Waals surface area contributed by atoms with Crippen LogP contribution in [-0.2, 0) is 0 Å². The van der Waals surface area contributed by atoms with Gasteiger partial charge in [0.25, 0.3) is 11.5 Å². The third kappa shape index (κ3) is 4.48. The van der Waals surface area contributed by atoms with E-state index in [2.05, 4.69) is 29.2 Å². The fourth-order valence-corrected chi connectivity index (χ4v) is 5.45. The molecule has 1 aliphatic rings. The van der Waals surface area contributed by atoms with E-state index < -0.39 is 0 Å². The second kappa shape index (κ2) is 9.88. The lowest BCUT2D eigenvalue weighted by Crippen LogP contribution is -2.43. The lowest BCUT2D eigenvalue weighted by molar-refractivity contribution is 0.0917. The van der Waals surface area contributed by atoms with Gasteiger partial charge in [-0.05, 0) is 93.0 Å². The summed E-state index contributed by atoms with van der Waals surface area (Å²) < 4.78 is 1.77. The minimum Gasteiger partial charge on any atom is -0.349 e. The largest absolute Gasteiger partial charge is 0.349 e. The summed E-state index contributed by atoms with van der Waals surface area (Å²) in [5.41, 5.74) is 6.26. The van der Waals surface area contributed by atoms with E-state index in [9.17, 15) is 9.59 Å². The number of hydrogen-bond donors (Lipinski definition) is 1. The number of likely N-dealkylation sites (tertiary alicyclic amines) is 1. The molecule has 3 aromatic carbocycles. The number of nitrogens with zero attached hydrogens (tertiary/aromatic N) is 3. The van der Waals surface area contributed by atoms with Gasteiger partial charge in [-0.1, -0.05) is 36.4 Å². The van der Waals surface area contributed by atoms with Crippen molar-refractivity contribution in [2.75, 3.05) is 20.1 Å². The van der Waals surface area contributed by atoms with Crippen LogP contribution < -0.4 is 10.9 Å². The topological polar surface area (TPSA) is 67.2 Å². The van der Waals surface area contributed by atoms with Crippen LogP contribution in [0.1, 0.15) is 28.8 Å². The summed E-state index contributed by atoms with van der Waals surface area (Å²) in [6.45, 7) is 4.07. The summed E-state index contributed by atoms with van der Waals surface area (Å²) in [6.07, 6.45) is 3.79. The third-order valence-corrected chi connectivity index (χ3v) is 7.60. The van der Waals surface area contributed by atoms with E-state index in [4.69, 9.17) is 0 Å². The van der Waals surface area contributed by atoms with Crippen LogP contribution >= 0.6 is 0 Å². The zero-order chi connectivity index (χ0) is 26.2. The molecule has 1 amide bonds. The quantitative estimate of drug-likeness (QED) is 0.337. The number of para-hydroxylation sites is 1. The van der Waals surface area contributed by atoms with Crippen LogP contribution in [0.3, 0.4) is 0 Å². The number of rotatable bonds is 4. The molecule has 0 aliphatic carbocycles. The highest BCUT2D eigenvalue weighted by atomic mass is 16.1. The number of benzene rings is 3. The summed E-state index contributed by atoms with van der Waals surface area (Å²) in [7, 11) is 2.12. The smallest absolute Gasteiger partial charge is 0.255 e. The summed E-state index contributed by atoms with van der Waals surface area (Å²) >= 11 is 0. The summed E-state index contributed by atoms with van der Waals surface area (Å²) in [6, 6.07) is 25.4. The van der Waals surface area contributed by atoms with Crippen molar-refractivity contribution >= 4 is 27.7 Å². The SMILES string of the molecule is Cc1cc(-n2c(=O)ccc3cnc4ccccc4c32)ccc1-c1ccc(C(=O)NC2CCN(C)CC2)cc1. The molecule has 190 valence electrons. The number of aromatic nitrogens is 2. The minimum absolute atomic E-state index is 0.0183. The zero-order valence-corrected chi connectivity index (χ0v) is 21.6. The Morgan fingerprint density at radius 3 is 2.47 bits per heavy atom. The Morgan fingerprint density at radius 2 is 1.71 bits per heavy atom. The zero-order valence-electron chi connectivity index (χ0n) is 21.6. The Hall–Kier alpha value is -4.29. The van der Waals surface area contributed by atoms with Crippen molar-refractivity contribution in [2.24, 2.45) is 0 Å². The Bertz CT molecular complexity index is 1710. The number of nitrogens with one attached hydrogen (secondary N) is 1. The van der Waals surface area contributed by atoms with Crippen molar-refractivity contribution in [1.82, 2.24) is 19.8 Å². The average molecular weight is 503 g/mol. The van der Waals surface area contributed by atoms with E-state index in [0.29, 0.717) is 5.56 Å². The van der Waals surface area contributed by atoms with Crippen LogP contribution in [0.15, 0.2) is 89.9 Å². The maximum atomic E-state index is 13.1. The molecule has 6 nitrogen and oxygen atoms in total. The lowest BCUT2D eigenvalue weighted by atomic mass is 9.98. The van der Waals surface area contributed by atoms with Gasteiger partial charge in [0.05, 0.1) is 11.0 Å². The van der Waals surface area contributed by atoms with Crippen LogP contribution in [0, 0.1) is 6.92 Å². The first-order chi connectivity index (χ1) is 18.5. The van der Waals surface area contributed by atoms with Gasteiger partial charge in [0.2, 0.25) is 0 Å². The van der Waals surface area contributed by atoms with Gasteiger partial charge in [0.15, 0.2) is 0 Å². The predicted molar refractivity (Wildman–Crippen MR) is 153 cm³/mol. The van der Waals surface area contributed by atoms with E-state index in [0.717, 1.165) is 70.1 Å². The summed E-state index contributed by atoms with van der Waals surface area (Å²) in [5.74, 6) is -0.0183. The maximum Gasteiger partial charge on any atom is 0.255 e. The Morgan fingerprint density at radius 1 is 0.947 bits per heavy atom. The van der Waals surface area contributed by atoms with Crippen molar-refractivity contribution in [3.63, 3.8) is 0 Å². The molecule has 0 spiro atoms. The molecule has 5 aromatic rings. The lowest BCUT2D eigenvalue weighted by Gasteiger charge is -2.29. The molecule has 0 unspecified atom stereocenters. The molecule has 0 atom stereocenters. The van der Waals surface area contributed by atoms with Gasteiger partial charge in [-0.25, -0.2) is 0 Å². The number of pyridine rings is 2. The van der Waals surface area contributed by atoms with Crippen LogP contribution in [0.5, 0.6) is 0 Å². The molecule has 0 bridgehead atoms. The summed E-state index contributed by atoms with van der Waals surface area (Å²) in [4.78, 5) is 32.7. The molecule has 38 heavy (non-hydrogen) atoms. The first-order valence-corrected chi connectivity index (χ1v) is 13.1. The van der Waals surface area contributed by atoms with Crippen molar-refractivity contribution in [3.05, 3.63) is 107 Å². The molecule has 2 aromatic heterocycles.